The lowest BCUT2D eigenvalue weighted by Crippen LogP contribution is -2.34. The van der Waals surface area contributed by atoms with Gasteiger partial charge in [0.15, 0.2) is 29.3 Å². The Labute approximate surface area is 227 Å². The molecule has 3 aromatic rings. The van der Waals surface area contributed by atoms with Gasteiger partial charge in [0.25, 0.3) is 0 Å². The van der Waals surface area contributed by atoms with Gasteiger partial charge in [0.1, 0.15) is 12.2 Å². The van der Waals surface area contributed by atoms with E-state index in [-0.39, 0.29) is 17.9 Å². The van der Waals surface area contributed by atoms with E-state index in [4.69, 9.17) is 19.1 Å². The summed E-state index contributed by atoms with van der Waals surface area (Å²) in [6.45, 7) is 8.14. The number of hydrogen-bond acceptors (Lipinski definition) is 12. The Balaban J connectivity index is 1.27. The number of likely N-dealkylation sites (tertiary alicyclic amines) is 1. The molecule has 3 aromatic heterocycles. The van der Waals surface area contributed by atoms with Crippen molar-refractivity contribution in [3.63, 3.8) is 0 Å². The lowest BCUT2D eigenvalue weighted by Gasteiger charge is -2.26. The maximum atomic E-state index is 11.0. The molecule has 5 heterocycles. The van der Waals surface area contributed by atoms with Crippen molar-refractivity contribution in [2.24, 2.45) is 0 Å². The van der Waals surface area contributed by atoms with Gasteiger partial charge in [-0.25, -0.2) is 4.98 Å². The number of anilines is 2. The minimum Gasteiger partial charge on any atom is -0.422 e. The second-order valence-electron chi connectivity index (χ2n) is 10.9. The van der Waals surface area contributed by atoms with E-state index in [1.54, 1.807) is 10.9 Å². The van der Waals surface area contributed by atoms with Crippen molar-refractivity contribution in [2.45, 2.75) is 95.3 Å². The van der Waals surface area contributed by atoms with Gasteiger partial charge in [-0.3, -0.25) is 4.57 Å². The molecule has 0 amide bonds. The number of rotatable bonds is 11. The molecule has 212 valence electrons. The fourth-order valence-corrected chi connectivity index (χ4v) is 5.43. The smallest absolute Gasteiger partial charge is 0.248 e. The third-order valence-corrected chi connectivity index (χ3v) is 8.05. The first-order valence-electron chi connectivity index (χ1n) is 14.4. The van der Waals surface area contributed by atoms with E-state index in [2.05, 4.69) is 44.6 Å². The Morgan fingerprint density at radius 3 is 2.54 bits per heavy atom. The van der Waals surface area contributed by atoms with Gasteiger partial charge in [0.2, 0.25) is 17.7 Å². The molecule has 1 saturated carbocycles. The predicted molar refractivity (Wildman–Crippen MR) is 143 cm³/mol. The molecule has 13 heteroatoms. The van der Waals surface area contributed by atoms with Crippen molar-refractivity contribution in [1.29, 1.82) is 0 Å². The molecule has 13 nitrogen and oxygen atoms in total. The summed E-state index contributed by atoms with van der Waals surface area (Å²) in [5.74, 6) is 2.11. The van der Waals surface area contributed by atoms with Gasteiger partial charge in [-0.05, 0) is 51.6 Å². The maximum absolute atomic E-state index is 11.0. The van der Waals surface area contributed by atoms with E-state index < -0.39 is 24.5 Å². The molecular weight excluding hydrogens is 502 g/mol. The number of nitrogens with one attached hydrogen (secondary N) is 2. The van der Waals surface area contributed by atoms with Gasteiger partial charge in [0.05, 0.1) is 6.33 Å². The van der Waals surface area contributed by atoms with Crippen molar-refractivity contribution < 1.29 is 19.4 Å². The summed E-state index contributed by atoms with van der Waals surface area (Å²) in [5, 5.41) is 36.9. The van der Waals surface area contributed by atoms with Crippen LogP contribution in [0.2, 0.25) is 0 Å². The Morgan fingerprint density at radius 2 is 1.79 bits per heavy atom. The third-order valence-electron chi connectivity index (χ3n) is 8.05. The highest BCUT2D eigenvalue weighted by molar-refractivity contribution is 5.84. The molecule has 0 radical (unpaired) electrons. The summed E-state index contributed by atoms with van der Waals surface area (Å²) in [7, 11) is 0. The van der Waals surface area contributed by atoms with Crippen LogP contribution >= 0.6 is 0 Å². The largest absolute Gasteiger partial charge is 0.422 e. The van der Waals surface area contributed by atoms with E-state index in [1.807, 2.05) is 0 Å². The van der Waals surface area contributed by atoms with Crippen molar-refractivity contribution in [3.8, 4) is 0 Å². The summed E-state index contributed by atoms with van der Waals surface area (Å²) in [5.41, 5.74) is 1.08. The number of aliphatic hydroxyl groups is 2. The summed E-state index contributed by atoms with van der Waals surface area (Å²) in [6, 6.07) is 0.229. The monoisotopic (exact) mass is 541 g/mol. The first kappa shape index (κ1) is 26.4. The zero-order valence-corrected chi connectivity index (χ0v) is 22.7. The molecule has 0 aromatic carbocycles. The number of nitrogens with zero attached hydrogens (tertiary/aromatic N) is 7. The quantitative estimate of drug-likeness (QED) is 0.281. The van der Waals surface area contributed by atoms with Gasteiger partial charge >= 0.3 is 0 Å². The van der Waals surface area contributed by atoms with Crippen LogP contribution in [-0.4, -0.2) is 89.3 Å². The van der Waals surface area contributed by atoms with Crippen LogP contribution in [0.25, 0.3) is 11.2 Å². The van der Waals surface area contributed by atoms with E-state index in [1.165, 1.54) is 19.3 Å². The van der Waals surface area contributed by atoms with Gasteiger partial charge < -0.3 is 34.9 Å². The van der Waals surface area contributed by atoms with Crippen molar-refractivity contribution in [3.05, 3.63) is 18.1 Å². The lowest BCUT2D eigenvalue weighted by molar-refractivity contribution is -0.0439. The minimum atomic E-state index is -1.25. The highest BCUT2D eigenvalue weighted by Gasteiger charge is 2.48. The summed E-state index contributed by atoms with van der Waals surface area (Å²) < 4.78 is 13.5. The van der Waals surface area contributed by atoms with Crippen molar-refractivity contribution in [1.82, 2.24) is 34.6 Å². The number of aromatic nitrogens is 6. The average molecular weight is 542 g/mol. The molecule has 0 bridgehead atoms. The minimum absolute atomic E-state index is 0.168. The first-order chi connectivity index (χ1) is 19.1. The number of imidazole rings is 1. The molecule has 3 fully saturated rings. The zero-order chi connectivity index (χ0) is 26.9. The molecule has 2 aliphatic heterocycles. The Morgan fingerprint density at radius 1 is 1.03 bits per heavy atom. The van der Waals surface area contributed by atoms with Crippen molar-refractivity contribution >= 4 is 22.9 Å². The summed E-state index contributed by atoms with van der Waals surface area (Å²) in [6.07, 6.45) is 4.89. The second kappa shape index (κ2) is 11.3. The van der Waals surface area contributed by atoms with E-state index in [0.29, 0.717) is 35.4 Å². The zero-order valence-electron chi connectivity index (χ0n) is 22.7. The number of piperidine rings is 1. The third kappa shape index (κ3) is 5.45. The summed E-state index contributed by atoms with van der Waals surface area (Å²) >= 11 is 0. The second-order valence-corrected chi connectivity index (χ2v) is 10.9. The van der Waals surface area contributed by atoms with Gasteiger partial charge in [-0.2, -0.15) is 9.97 Å². The molecule has 2 saturated heterocycles. The van der Waals surface area contributed by atoms with Crippen LogP contribution in [0, 0.1) is 0 Å². The van der Waals surface area contributed by atoms with Crippen LogP contribution in [-0.2, 0) is 4.74 Å². The van der Waals surface area contributed by atoms with Crippen LogP contribution in [0.15, 0.2) is 10.7 Å². The van der Waals surface area contributed by atoms with E-state index >= 15 is 0 Å². The molecule has 6 rings (SSSR count). The number of hydrogen-bond donors (Lipinski definition) is 4. The molecule has 0 spiro atoms. The highest BCUT2D eigenvalue weighted by Crippen LogP contribution is 2.43. The van der Waals surface area contributed by atoms with E-state index in [9.17, 15) is 10.2 Å². The number of aliphatic hydroxyl groups excluding tert-OH is 2. The highest BCUT2D eigenvalue weighted by atomic mass is 16.6. The topological polar surface area (TPSA) is 160 Å². The Hall–Kier alpha value is -2.87. The molecule has 4 atom stereocenters. The standard InChI is InChI=1S/C26H39N9O4/c1-3-16(4-2)29-21-17-22(31-26(30-21)27-10-13-34-11-6-5-7-12-34)35(14-28-17)25-19(37)18(36)20(38-25)24-33-32-23(39-24)15-8-9-15/h14-16,18-20,25,36-37H,3-13H2,1-2H3,(H2,27,29,30,31)/t18-,19+,20-,25+/m0/s1. The van der Waals surface area contributed by atoms with Crippen LogP contribution < -0.4 is 10.6 Å². The average Bonchev–Trinajstić information content (AvgIpc) is 3.42. The lowest BCUT2D eigenvalue weighted by atomic mass is 10.1. The van der Waals surface area contributed by atoms with Crippen LogP contribution in [0.4, 0.5) is 11.8 Å². The SMILES string of the molecule is CCC(CC)Nc1nc(NCCN2CCCCC2)nc2c1ncn2[C@@H]1O[C@H](c2nnc(C3CC3)o2)[C@@H](O)[C@H]1O. The van der Waals surface area contributed by atoms with Gasteiger partial charge in [0, 0.05) is 25.0 Å². The van der Waals surface area contributed by atoms with E-state index in [0.717, 1.165) is 45.3 Å². The molecule has 3 aliphatic rings. The van der Waals surface area contributed by atoms with Crippen LogP contribution in [0.1, 0.15) is 88.8 Å². The molecule has 4 N–H and O–H groups in total. The number of ether oxygens (including phenoxy) is 1. The Kier molecular flexibility index (Phi) is 7.65. The Bertz CT molecular complexity index is 1250. The molecule has 0 unspecified atom stereocenters. The molecule has 1 aliphatic carbocycles. The van der Waals surface area contributed by atoms with Crippen LogP contribution in [0.3, 0.4) is 0 Å². The van der Waals surface area contributed by atoms with Crippen molar-refractivity contribution in [2.75, 3.05) is 36.8 Å². The normalized spacial score (nSPS) is 26.1. The maximum Gasteiger partial charge on any atom is 0.248 e. The first-order valence-corrected chi connectivity index (χ1v) is 14.4. The van der Waals surface area contributed by atoms with Gasteiger partial charge in [-0.1, -0.05) is 20.3 Å². The predicted octanol–water partition coefficient (Wildman–Crippen LogP) is 2.58. The van der Waals surface area contributed by atoms with Crippen LogP contribution in [0.5, 0.6) is 0 Å². The molecular formula is C26H39N9O4. The summed E-state index contributed by atoms with van der Waals surface area (Å²) in [4.78, 5) is 16.6. The number of fused-ring (bicyclic) bond motifs is 1. The fraction of sp³-hybridized carbons (Fsp3) is 0.731. The van der Waals surface area contributed by atoms with Gasteiger partial charge in [-0.15, -0.1) is 10.2 Å². The fourth-order valence-electron chi connectivity index (χ4n) is 5.43. The molecule has 39 heavy (non-hydrogen) atoms.